The number of likely N-dealkylation sites (tertiary alicyclic amines) is 1. The van der Waals surface area contributed by atoms with Crippen molar-refractivity contribution in [2.24, 2.45) is 0 Å². The van der Waals surface area contributed by atoms with Gasteiger partial charge in [-0.2, -0.15) is 0 Å². The van der Waals surface area contributed by atoms with Crippen molar-refractivity contribution in [3.63, 3.8) is 0 Å². The van der Waals surface area contributed by atoms with Crippen molar-refractivity contribution in [3.8, 4) is 0 Å². The maximum Gasteiger partial charge on any atom is 0.261 e. The molecular weight excluding hydrogens is 368 g/mol. The average molecular weight is 394 g/mol. The second-order valence-electron chi connectivity index (χ2n) is 7.98. The summed E-state index contributed by atoms with van der Waals surface area (Å²) in [7, 11) is 0. The molecule has 2 aliphatic rings. The van der Waals surface area contributed by atoms with Crippen LogP contribution in [0, 0.1) is 0 Å². The first kappa shape index (κ1) is 18.5. The molecule has 0 spiro atoms. The molecule has 1 fully saturated rings. The van der Waals surface area contributed by atoms with Crippen molar-refractivity contribution in [1.82, 2.24) is 19.4 Å². The highest BCUT2D eigenvalue weighted by molar-refractivity contribution is 5.77. The zero-order valence-electron chi connectivity index (χ0n) is 16.5. The predicted octanol–water partition coefficient (Wildman–Crippen LogP) is 2.59. The number of hydrogen-bond acceptors (Lipinski definition) is 6. The smallest absolute Gasteiger partial charge is 0.261 e. The van der Waals surface area contributed by atoms with Crippen molar-refractivity contribution in [1.29, 1.82) is 0 Å². The van der Waals surface area contributed by atoms with E-state index in [2.05, 4.69) is 4.90 Å². The Labute approximate surface area is 169 Å². The molecule has 7 nitrogen and oxygen atoms in total. The Bertz CT molecular complexity index is 1060. The van der Waals surface area contributed by atoms with Crippen LogP contribution >= 0.6 is 0 Å². The summed E-state index contributed by atoms with van der Waals surface area (Å²) in [6.45, 7) is 1.70. The van der Waals surface area contributed by atoms with Crippen molar-refractivity contribution in [2.45, 2.75) is 57.7 Å². The van der Waals surface area contributed by atoms with Crippen LogP contribution in [0.25, 0.3) is 10.9 Å². The number of aryl methyl sites for hydroxylation is 2. The number of benzene rings is 1. The van der Waals surface area contributed by atoms with E-state index in [1.165, 1.54) is 12.8 Å². The van der Waals surface area contributed by atoms with E-state index in [-0.39, 0.29) is 24.8 Å². The molecule has 1 unspecified atom stereocenters. The van der Waals surface area contributed by atoms with Gasteiger partial charge in [-0.1, -0.05) is 12.1 Å². The number of nitrogens with zero attached hydrogens (tertiary/aromatic N) is 4. The molecule has 1 aromatic carbocycles. The molecular formula is C22H26N4O3. The summed E-state index contributed by atoms with van der Waals surface area (Å²) >= 11 is 0. The standard InChI is InChI=1S/C22H26N4O3/c27-13-12-26-21(24-16-7-2-1-6-15(16)22(26)28)18-9-5-11-25(18)14-20-23-17-8-3-4-10-19(17)29-20/h1-2,6-7,18,27H,3-5,8-14H2. The lowest BCUT2D eigenvalue weighted by molar-refractivity contribution is 0.204. The van der Waals surface area contributed by atoms with E-state index < -0.39 is 0 Å². The van der Waals surface area contributed by atoms with Gasteiger partial charge in [-0.15, -0.1) is 0 Å². The average Bonchev–Trinajstić information content (AvgIpc) is 3.36. The number of para-hydroxylation sites is 1. The monoisotopic (exact) mass is 394 g/mol. The van der Waals surface area contributed by atoms with Gasteiger partial charge >= 0.3 is 0 Å². The summed E-state index contributed by atoms with van der Waals surface area (Å²) in [6.07, 6.45) is 6.30. The molecule has 0 bridgehead atoms. The van der Waals surface area contributed by atoms with E-state index in [0.717, 1.165) is 55.4 Å². The minimum atomic E-state index is -0.0912. The normalized spacial score (nSPS) is 19.7. The molecule has 152 valence electrons. The molecule has 29 heavy (non-hydrogen) atoms. The summed E-state index contributed by atoms with van der Waals surface area (Å²) in [5.74, 6) is 2.54. The van der Waals surface area contributed by atoms with Gasteiger partial charge in [0.1, 0.15) is 11.6 Å². The third-order valence-electron chi connectivity index (χ3n) is 6.10. The molecule has 0 amide bonds. The van der Waals surface area contributed by atoms with Crippen LogP contribution in [-0.2, 0) is 25.9 Å². The van der Waals surface area contributed by atoms with Gasteiger partial charge in [0.25, 0.3) is 5.56 Å². The van der Waals surface area contributed by atoms with E-state index in [1.54, 1.807) is 10.6 Å². The number of fused-ring (bicyclic) bond motifs is 2. The summed E-state index contributed by atoms with van der Waals surface area (Å²) in [6, 6.07) is 7.44. The Morgan fingerprint density at radius 3 is 2.86 bits per heavy atom. The Hall–Kier alpha value is -2.51. The SMILES string of the molecule is O=c1c2ccccc2nc(C2CCCN2Cc2nc3c(o2)CCCC3)n1CCO. The van der Waals surface area contributed by atoms with Gasteiger partial charge in [-0.05, 0) is 50.8 Å². The van der Waals surface area contributed by atoms with Crippen molar-refractivity contribution in [3.05, 3.63) is 57.8 Å². The number of aromatic nitrogens is 3. The van der Waals surface area contributed by atoms with Crippen LogP contribution in [0.2, 0.25) is 0 Å². The fraction of sp³-hybridized carbons (Fsp3) is 0.500. The largest absolute Gasteiger partial charge is 0.444 e. The molecule has 7 heteroatoms. The third-order valence-corrected chi connectivity index (χ3v) is 6.10. The zero-order chi connectivity index (χ0) is 19.8. The van der Waals surface area contributed by atoms with Gasteiger partial charge in [0.2, 0.25) is 5.89 Å². The lowest BCUT2D eigenvalue weighted by Crippen LogP contribution is -2.33. The molecule has 1 saturated heterocycles. The van der Waals surface area contributed by atoms with E-state index in [1.807, 2.05) is 18.2 Å². The van der Waals surface area contributed by atoms with E-state index in [4.69, 9.17) is 14.4 Å². The van der Waals surface area contributed by atoms with Crippen LogP contribution in [0.3, 0.4) is 0 Å². The van der Waals surface area contributed by atoms with E-state index in [0.29, 0.717) is 17.4 Å². The van der Waals surface area contributed by atoms with Gasteiger partial charge in [-0.25, -0.2) is 9.97 Å². The molecule has 1 N–H and O–H groups in total. The summed E-state index contributed by atoms with van der Waals surface area (Å²) in [4.78, 5) is 24.9. The van der Waals surface area contributed by atoms with Crippen molar-refractivity contribution >= 4 is 10.9 Å². The first-order chi connectivity index (χ1) is 14.2. The fourth-order valence-corrected chi connectivity index (χ4v) is 4.71. The van der Waals surface area contributed by atoms with Gasteiger partial charge in [-0.3, -0.25) is 14.3 Å². The Balaban J connectivity index is 1.50. The van der Waals surface area contributed by atoms with Crippen LogP contribution in [0.1, 0.15) is 54.9 Å². The highest BCUT2D eigenvalue weighted by atomic mass is 16.4. The van der Waals surface area contributed by atoms with E-state index in [9.17, 15) is 9.90 Å². The Morgan fingerprint density at radius 2 is 2.00 bits per heavy atom. The van der Waals surface area contributed by atoms with Crippen molar-refractivity contribution < 1.29 is 9.52 Å². The first-order valence-corrected chi connectivity index (χ1v) is 10.6. The quantitative estimate of drug-likeness (QED) is 0.716. The van der Waals surface area contributed by atoms with Gasteiger partial charge in [0.05, 0.1) is 42.3 Å². The molecule has 0 saturated carbocycles. The minimum absolute atomic E-state index is 0.0165. The topological polar surface area (TPSA) is 84.4 Å². The molecule has 3 heterocycles. The number of hydrogen-bond donors (Lipinski definition) is 1. The summed E-state index contributed by atoms with van der Waals surface area (Å²) < 4.78 is 7.69. The highest BCUT2D eigenvalue weighted by Crippen LogP contribution is 2.33. The number of aliphatic hydroxyl groups is 1. The molecule has 0 radical (unpaired) electrons. The number of oxazole rings is 1. The molecule has 1 aliphatic heterocycles. The minimum Gasteiger partial charge on any atom is -0.444 e. The summed E-state index contributed by atoms with van der Waals surface area (Å²) in [5.41, 5.74) is 1.74. The number of aliphatic hydroxyl groups excluding tert-OH is 1. The lowest BCUT2D eigenvalue weighted by Gasteiger charge is -2.25. The maximum absolute atomic E-state index is 13.1. The molecule has 2 aromatic heterocycles. The summed E-state index contributed by atoms with van der Waals surface area (Å²) in [5, 5.41) is 10.1. The van der Waals surface area contributed by atoms with Crippen LogP contribution in [0.15, 0.2) is 33.5 Å². The Kier molecular flexibility index (Phi) is 4.93. The lowest BCUT2D eigenvalue weighted by atomic mass is 10.0. The second-order valence-corrected chi connectivity index (χ2v) is 7.98. The first-order valence-electron chi connectivity index (χ1n) is 10.6. The van der Waals surface area contributed by atoms with Crippen LogP contribution in [-0.4, -0.2) is 37.7 Å². The van der Waals surface area contributed by atoms with Crippen LogP contribution in [0.4, 0.5) is 0 Å². The molecule has 5 rings (SSSR count). The van der Waals surface area contributed by atoms with Gasteiger partial charge < -0.3 is 9.52 Å². The molecule has 1 aliphatic carbocycles. The van der Waals surface area contributed by atoms with Crippen molar-refractivity contribution in [2.75, 3.05) is 13.2 Å². The van der Waals surface area contributed by atoms with E-state index >= 15 is 0 Å². The number of rotatable bonds is 5. The van der Waals surface area contributed by atoms with Gasteiger partial charge in [0, 0.05) is 6.42 Å². The predicted molar refractivity (Wildman–Crippen MR) is 109 cm³/mol. The molecule has 1 atom stereocenters. The third kappa shape index (κ3) is 3.38. The highest BCUT2D eigenvalue weighted by Gasteiger charge is 2.32. The molecule has 3 aromatic rings. The zero-order valence-corrected chi connectivity index (χ0v) is 16.5. The van der Waals surface area contributed by atoms with Gasteiger partial charge in [0.15, 0.2) is 0 Å². The Morgan fingerprint density at radius 1 is 1.14 bits per heavy atom. The fourth-order valence-electron chi connectivity index (χ4n) is 4.71. The van der Waals surface area contributed by atoms with Crippen LogP contribution < -0.4 is 5.56 Å². The second kappa shape index (κ2) is 7.72. The maximum atomic E-state index is 13.1. The van der Waals surface area contributed by atoms with Crippen LogP contribution in [0.5, 0.6) is 0 Å².